The van der Waals surface area contributed by atoms with Crippen LogP contribution in [-0.2, 0) is 6.42 Å². The van der Waals surface area contributed by atoms with Crippen LogP contribution in [0.2, 0.25) is 0 Å². The number of allylic oxidation sites excluding steroid dienone is 1. The Morgan fingerprint density at radius 2 is 2.05 bits per heavy atom. The normalized spacial score (nSPS) is 15.7. The average Bonchev–Trinajstić information content (AvgIpc) is 2.72. The number of rotatable bonds is 1. The monoisotopic (exact) mass is 332 g/mol. The Morgan fingerprint density at radius 1 is 1.25 bits per heavy atom. The SMILES string of the molecule is O=C1/C(=C/c2ccc(Br)cc2F)Cc2c(O)cccc21. The fourth-order valence-corrected chi connectivity index (χ4v) is 2.67. The molecular formula is C16H10BrFO2. The van der Waals surface area contributed by atoms with Gasteiger partial charge in [0.15, 0.2) is 5.78 Å². The van der Waals surface area contributed by atoms with E-state index >= 15 is 0 Å². The van der Waals surface area contributed by atoms with Gasteiger partial charge in [-0.3, -0.25) is 4.79 Å². The molecule has 3 rings (SSSR count). The molecule has 2 nitrogen and oxygen atoms in total. The Bertz CT molecular complexity index is 750. The molecule has 1 aliphatic rings. The molecule has 0 spiro atoms. The quantitative estimate of drug-likeness (QED) is 0.797. The Labute approximate surface area is 123 Å². The second-order valence-electron chi connectivity index (χ2n) is 4.64. The first-order valence-electron chi connectivity index (χ1n) is 6.07. The molecule has 1 aliphatic carbocycles. The van der Waals surface area contributed by atoms with Crippen LogP contribution in [0.25, 0.3) is 6.08 Å². The third-order valence-electron chi connectivity index (χ3n) is 3.35. The van der Waals surface area contributed by atoms with E-state index in [0.29, 0.717) is 33.2 Å². The van der Waals surface area contributed by atoms with E-state index in [2.05, 4.69) is 15.9 Å². The van der Waals surface area contributed by atoms with Crippen LogP contribution in [0.15, 0.2) is 46.4 Å². The van der Waals surface area contributed by atoms with Crippen LogP contribution in [-0.4, -0.2) is 10.9 Å². The van der Waals surface area contributed by atoms with Gasteiger partial charge >= 0.3 is 0 Å². The number of fused-ring (bicyclic) bond motifs is 1. The number of halogens is 2. The average molecular weight is 333 g/mol. The minimum absolute atomic E-state index is 0.107. The largest absolute Gasteiger partial charge is 0.508 e. The van der Waals surface area contributed by atoms with Gasteiger partial charge in [0, 0.05) is 33.2 Å². The maximum Gasteiger partial charge on any atom is 0.189 e. The van der Waals surface area contributed by atoms with E-state index in [1.54, 1.807) is 36.4 Å². The smallest absolute Gasteiger partial charge is 0.189 e. The first-order valence-corrected chi connectivity index (χ1v) is 6.87. The molecule has 0 heterocycles. The highest BCUT2D eigenvalue weighted by molar-refractivity contribution is 9.10. The van der Waals surface area contributed by atoms with E-state index in [1.807, 2.05) is 0 Å². The van der Waals surface area contributed by atoms with Crippen LogP contribution in [0.5, 0.6) is 5.75 Å². The lowest BCUT2D eigenvalue weighted by Crippen LogP contribution is -1.95. The standard InChI is InChI=1S/C16H10BrFO2/c17-11-5-4-9(14(18)8-11)6-10-7-13-12(16(10)20)2-1-3-15(13)19/h1-6,8,19H,7H2/b10-6+. The van der Waals surface area contributed by atoms with E-state index in [0.717, 1.165) is 0 Å². The summed E-state index contributed by atoms with van der Waals surface area (Å²) in [4.78, 5) is 12.2. The number of hydrogen-bond acceptors (Lipinski definition) is 2. The molecule has 4 heteroatoms. The molecule has 0 saturated heterocycles. The number of carbonyl (C=O) groups excluding carboxylic acids is 1. The van der Waals surface area contributed by atoms with Crippen LogP contribution in [0.3, 0.4) is 0 Å². The number of Topliss-reactive ketones (excluding diaryl/α,β-unsaturated/α-hetero) is 1. The molecular weight excluding hydrogens is 323 g/mol. The minimum Gasteiger partial charge on any atom is -0.508 e. The third-order valence-corrected chi connectivity index (χ3v) is 3.84. The summed E-state index contributed by atoms with van der Waals surface area (Å²) >= 11 is 3.19. The number of phenols is 1. The van der Waals surface area contributed by atoms with Crippen molar-refractivity contribution in [1.29, 1.82) is 0 Å². The van der Waals surface area contributed by atoms with Crippen molar-refractivity contribution in [2.24, 2.45) is 0 Å². The zero-order valence-corrected chi connectivity index (χ0v) is 11.9. The molecule has 0 bridgehead atoms. The van der Waals surface area contributed by atoms with Crippen molar-refractivity contribution in [3.05, 3.63) is 69.0 Å². The summed E-state index contributed by atoms with van der Waals surface area (Å²) in [7, 11) is 0. The topological polar surface area (TPSA) is 37.3 Å². The Morgan fingerprint density at radius 3 is 2.75 bits per heavy atom. The molecule has 1 N–H and O–H groups in total. The van der Waals surface area contributed by atoms with Crippen molar-refractivity contribution in [3.63, 3.8) is 0 Å². The van der Waals surface area contributed by atoms with Gasteiger partial charge in [-0.25, -0.2) is 4.39 Å². The summed E-state index contributed by atoms with van der Waals surface area (Å²) in [5.41, 5.74) is 1.96. The van der Waals surface area contributed by atoms with Crippen LogP contribution in [0.4, 0.5) is 4.39 Å². The summed E-state index contributed by atoms with van der Waals surface area (Å²) in [6, 6.07) is 9.55. The zero-order chi connectivity index (χ0) is 14.3. The van der Waals surface area contributed by atoms with Gasteiger partial charge < -0.3 is 5.11 Å². The molecule has 0 amide bonds. The van der Waals surface area contributed by atoms with Crippen molar-refractivity contribution in [3.8, 4) is 5.75 Å². The fraction of sp³-hybridized carbons (Fsp3) is 0.0625. The molecule has 0 unspecified atom stereocenters. The minimum atomic E-state index is -0.389. The number of aromatic hydroxyl groups is 1. The van der Waals surface area contributed by atoms with Gasteiger partial charge in [0.1, 0.15) is 11.6 Å². The van der Waals surface area contributed by atoms with Crippen LogP contribution in [0, 0.1) is 5.82 Å². The predicted octanol–water partition coefficient (Wildman–Crippen LogP) is 4.12. The van der Waals surface area contributed by atoms with E-state index in [4.69, 9.17) is 0 Å². The Balaban J connectivity index is 2.04. The highest BCUT2D eigenvalue weighted by Gasteiger charge is 2.27. The second kappa shape index (κ2) is 4.87. The van der Waals surface area contributed by atoms with Gasteiger partial charge in [-0.1, -0.05) is 34.1 Å². The molecule has 100 valence electrons. The molecule has 20 heavy (non-hydrogen) atoms. The Hall–Kier alpha value is -1.94. The molecule has 2 aromatic rings. The lowest BCUT2D eigenvalue weighted by Gasteiger charge is -2.00. The molecule has 0 atom stereocenters. The van der Waals surface area contributed by atoms with E-state index in [9.17, 15) is 14.3 Å². The van der Waals surface area contributed by atoms with E-state index in [1.165, 1.54) is 6.07 Å². The first kappa shape index (κ1) is 13.1. The fourth-order valence-electron chi connectivity index (χ4n) is 2.34. The molecule has 0 saturated carbocycles. The summed E-state index contributed by atoms with van der Waals surface area (Å²) in [5, 5.41) is 9.76. The van der Waals surface area contributed by atoms with Crippen LogP contribution >= 0.6 is 15.9 Å². The van der Waals surface area contributed by atoms with Gasteiger partial charge in [-0.2, -0.15) is 0 Å². The second-order valence-corrected chi connectivity index (χ2v) is 5.56. The highest BCUT2D eigenvalue weighted by Crippen LogP contribution is 2.33. The van der Waals surface area contributed by atoms with Gasteiger partial charge in [-0.05, 0) is 24.3 Å². The summed E-state index contributed by atoms with van der Waals surface area (Å²) < 4.78 is 14.5. The predicted molar refractivity (Wildman–Crippen MR) is 78.2 cm³/mol. The number of phenolic OH excluding ortho intramolecular Hbond substituents is 1. The molecule has 0 aromatic heterocycles. The van der Waals surface area contributed by atoms with Crippen LogP contribution in [0.1, 0.15) is 21.5 Å². The number of benzene rings is 2. The highest BCUT2D eigenvalue weighted by atomic mass is 79.9. The van der Waals surface area contributed by atoms with Gasteiger partial charge in [0.05, 0.1) is 0 Å². The van der Waals surface area contributed by atoms with Crippen molar-refractivity contribution in [2.45, 2.75) is 6.42 Å². The lowest BCUT2D eigenvalue weighted by molar-refractivity contribution is 0.104. The third kappa shape index (κ3) is 2.16. The van der Waals surface area contributed by atoms with Gasteiger partial charge in [-0.15, -0.1) is 0 Å². The summed E-state index contributed by atoms with van der Waals surface area (Å²) in [5.74, 6) is -0.436. The molecule has 0 aliphatic heterocycles. The zero-order valence-electron chi connectivity index (χ0n) is 10.4. The van der Waals surface area contributed by atoms with E-state index in [-0.39, 0.29) is 17.3 Å². The van der Waals surface area contributed by atoms with Crippen molar-refractivity contribution >= 4 is 27.8 Å². The molecule has 2 aromatic carbocycles. The molecule has 0 radical (unpaired) electrons. The summed E-state index contributed by atoms with van der Waals surface area (Å²) in [6.45, 7) is 0. The van der Waals surface area contributed by atoms with Gasteiger partial charge in [0.25, 0.3) is 0 Å². The first-order chi connectivity index (χ1) is 9.56. The van der Waals surface area contributed by atoms with Crippen LogP contribution < -0.4 is 0 Å². The number of ketones is 1. The summed E-state index contributed by atoms with van der Waals surface area (Å²) in [6.07, 6.45) is 1.87. The molecule has 0 fully saturated rings. The van der Waals surface area contributed by atoms with Crippen molar-refractivity contribution in [1.82, 2.24) is 0 Å². The van der Waals surface area contributed by atoms with Gasteiger partial charge in [0.2, 0.25) is 0 Å². The number of hydrogen-bond donors (Lipinski definition) is 1. The maximum atomic E-state index is 13.8. The lowest BCUT2D eigenvalue weighted by atomic mass is 10.1. The van der Waals surface area contributed by atoms with Crippen molar-refractivity contribution in [2.75, 3.05) is 0 Å². The Kier molecular flexibility index (Phi) is 3.18. The van der Waals surface area contributed by atoms with Crippen molar-refractivity contribution < 1.29 is 14.3 Å². The van der Waals surface area contributed by atoms with E-state index < -0.39 is 0 Å². The number of carbonyl (C=O) groups is 1. The maximum absolute atomic E-state index is 13.8.